The zero-order chi connectivity index (χ0) is 23.1. The van der Waals surface area contributed by atoms with E-state index in [2.05, 4.69) is 91.3 Å². The zero-order valence-corrected chi connectivity index (χ0v) is 20.5. The summed E-state index contributed by atoms with van der Waals surface area (Å²) >= 11 is 0. The molecule has 0 aliphatic carbocycles. The van der Waals surface area contributed by atoms with Crippen LogP contribution in [-0.4, -0.2) is 56.4 Å². The van der Waals surface area contributed by atoms with Crippen LogP contribution >= 0.6 is 0 Å². The molecule has 1 amide bonds. The van der Waals surface area contributed by atoms with Gasteiger partial charge >= 0.3 is 0 Å². The molecule has 2 aliphatic rings. The summed E-state index contributed by atoms with van der Waals surface area (Å²) in [6.07, 6.45) is 2.61. The molecule has 0 bridgehead atoms. The summed E-state index contributed by atoms with van der Waals surface area (Å²) in [4.78, 5) is 20.7. The highest BCUT2D eigenvalue weighted by molar-refractivity contribution is 6.99. The Bertz CT molecular complexity index is 1060. The van der Waals surface area contributed by atoms with Gasteiger partial charge < -0.3 is 18.6 Å². The van der Waals surface area contributed by atoms with Crippen molar-refractivity contribution in [3.8, 4) is 0 Å². The molecule has 1 aromatic heterocycles. The van der Waals surface area contributed by atoms with Gasteiger partial charge in [-0.05, 0) is 21.8 Å². The third-order valence-corrected chi connectivity index (χ3v) is 11.8. The van der Waals surface area contributed by atoms with Crippen molar-refractivity contribution in [2.75, 3.05) is 31.1 Å². The van der Waals surface area contributed by atoms with Crippen LogP contribution in [0.3, 0.4) is 0 Å². The number of likely N-dealkylation sites (tertiary alicyclic amines) is 1. The van der Waals surface area contributed by atoms with E-state index >= 15 is 0 Å². The van der Waals surface area contributed by atoms with Crippen LogP contribution < -0.4 is 15.3 Å². The Morgan fingerprint density at radius 1 is 1.00 bits per heavy atom. The van der Waals surface area contributed by atoms with E-state index in [4.69, 9.17) is 8.84 Å². The maximum Gasteiger partial charge on any atom is 0.298 e. The van der Waals surface area contributed by atoms with Crippen molar-refractivity contribution in [2.45, 2.75) is 38.3 Å². The first-order chi connectivity index (χ1) is 15.9. The van der Waals surface area contributed by atoms with Gasteiger partial charge in [0.15, 0.2) is 5.69 Å². The smallest absolute Gasteiger partial charge is 0.298 e. The fourth-order valence-electron chi connectivity index (χ4n) is 4.80. The van der Waals surface area contributed by atoms with E-state index in [0.29, 0.717) is 24.8 Å². The minimum Gasteiger partial charge on any atom is -0.431 e. The molecule has 0 N–H and O–H groups in total. The molecule has 2 aromatic carbocycles. The lowest BCUT2D eigenvalue weighted by molar-refractivity contribution is 0.0645. The van der Waals surface area contributed by atoms with E-state index < -0.39 is 8.32 Å². The molecule has 0 unspecified atom stereocenters. The summed E-state index contributed by atoms with van der Waals surface area (Å²) in [5.41, 5.74) is 0.390. The van der Waals surface area contributed by atoms with Crippen LogP contribution in [0.15, 0.2) is 71.3 Å². The van der Waals surface area contributed by atoms with Gasteiger partial charge in [-0.2, -0.15) is 4.98 Å². The average Bonchev–Trinajstić information content (AvgIpc) is 3.22. The third-order valence-electron chi connectivity index (χ3n) is 6.73. The number of aromatic nitrogens is 1. The van der Waals surface area contributed by atoms with Gasteiger partial charge in [0, 0.05) is 26.2 Å². The van der Waals surface area contributed by atoms with Gasteiger partial charge in [-0.1, -0.05) is 81.4 Å². The van der Waals surface area contributed by atoms with Crippen molar-refractivity contribution in [1.29, 1.82) is 0 Å². The molecule has 2 fully saturated rings. The van der Waals surface area contributed by atoms with E-state index in [1.165, 1.54) is 16.6 Å². The van der Waals surface area contributed by atoms with Gasteiger partial charge in [0.2, 0.25) is 0 Å². The Morgan fingerprint density at radius 3 is 2.06 bits per heavy atom. The molecule has 0 atom stereocenters. The van der Waals surface area contributed by atoms with E-state index in [-0.39, 0.29) is 17.0 Å². The van der Waals surface area contributed by atoms with Gasteiger partial charge in [-0.3, -0.25) is 4.79 Å². The molecule has 2 saturated heterocycles. The molecule has 0 spiro atoms. The quantitative estimate of drug-likeness (QED) is 0.527. The van der Waals surface area contributed by atoms with Gasteiger partial charge in [0.1, 0.15) is 6.26 Å². The van der Waals surface area contributed by atoms with E-state index in [9.17, 15) is 4.79 Å². The first-order valence-corrected chi connectivity index (χ1v) is 13.6. The molecule has 5 rings (SSSR count). The van der Waals surface area contributed by atoms with E-state index in [1.807, 2.05) is 0 Å². The van der Waals surface area contributed by atoms with Crippen LogP contribution in [-0.2, 0) is 4.43 Å². The topological polar surface area (TPSA) is 58.8 Å². The maximum absolute atomic E-state index is 12.4. The summed E-state index contributed by atoms with van der Waals surface area (Å²) < 4.78 is 12.8. The highest BCUT2D eigenvalue weighted by atomic mass is 28.4. The predicted molar refractivity (Wildman–Crippen MR) is 132 cm³/mol. The average molecular weight is 462 g/mol. The minimum absolute atomic E-state index is 0.0446. The number of carbonyl (C=O) groups excluding carboxylic acids is 1. The summed E-state index contributed by atoms with van der Waals surface area (Å²) in [5.74, 6) is -0.0446. The number of hydrogen-bond donors (Lipinski definition) is 0. The minimum atomic E-state index is -2.58. The van der Waals surface area contributed by atoms with Gasteiger partial charge in [0.25, 0.3) is 20.2 Å². The fourth-order valence-corrected chi connectivity index (χ4v) is 9.46. The van der Waals surface area contributed by atoms with Crippen LogP contribution in [0.5, 0.6) is 0 Å². The van der Waals surface area contributed by atoms with Crippen LogP contribution in [0.2, 0.25) is 5.04 Å². The Kier molecular flexibility index (Phi) is 5.62. The molecule has 33 heavy (non-hydrogen) atoms. The van der Waals surface area contributed by atoms with Crippen molar-refractivity contribution in [1.82, 2.24) is 9.88 Å². The summed E-state index contributed by atoms with van der Waals surface area (Å²) in [5, 5.41) is 2.50. The van der Waals surface area contributed by atoms with Crippen molar-refractivity contribution in [3.05, 3.63) is 72.6 Å². The number of rotatable bonds is 6. The predicted octanol–water partition coefficient (Wildman–Crippen LogP) is 3.29. The first kappa shape index (κ1) is 21.9. The number of hydrogen-bond acceptors (Lipinski definition) is 5. The number of nitrogens with zero attached hydrogens (tertiary/aromatic N) is 3. The lowest BCUT2D eigenvalue weighted by atomic mass is 10.2. The lowest BCUT2D eigenvalue weighted by Gasteiger charge is -2.49. The Hall–Kier alpha value is -2.90. The van der Waals surface area contributed by atoms with Crippen LogP contribution in [0.1, 0.15) is 37.7 Å². The molecule has 172 valence electrons. The van der Waals surface area contributed by atoms with Gasteiger partial charge in [-0.25, -0.2) is 0 Å². The lowest BCUT2D eigenvalue weighted by Crippen LogP contribution is -2.70. The van der Waals surface area contributed by atoms with Crippen molar-refractivity contribution < 1.29 is 13.6 Å². The molecular formula is C26H31N3O3Si. The van der Waals surface area contributed by atoms with Gasteiger partial charge in [-0.15, -0.1) is 0 Å². The van der Waals surface area contributed by atoms with Crippen LogP contribution in [0.4, 0.5) is 6.01 Å². The molecule has 3 heterocycles. The second kappa shape index (κ2) is 8.46. The van der Waals surface area contributed by atoms with Gasteiger partial charge in [0.05, 0.1) is 6.10 Å². The Balaban J connectivity index is 1.37. The monoisotopic (exact) mass is 461 g/mol. The number of benzene rings is 2. The molecule has 3 aromatic rings. The number of oxazole rings is 1. The molecule has 0 radical (unpaired) electrons. The van der Waals surface area contributed by atoms with E-state index in [0.717, 1.165) is 19.5 Å². The summed E-state index contributed by atoms with van der Waals surface area (Å²) in [6, 6.07) is 21.9. The Labute approximate surface area is 196 Å². The summed E-state index contributed by atoms with van der Waals surface area (Å²) in [7, 11) is -2.58. The zero-order valence-electron chi connectivity index (χ0n) is 19.5. The fraction of sp³-hybridized carbons (Fsp3) is 0.385. The van der Waals surface area contributed by atoms with Crippen LogP contribution in [0.25, 0.3) is 0 Å². The summed E-state index contributed by atoms with van der Waals surface area (Å²) in [6.45, 7) is 9.87. The molecular weight excluding hydrogens is 430 g/mol. The largest absolute Gasteiger partial charge is 0.431 e. The van der Waals surface area contributed by atoms with Crippen molar-refractivity contribution in [3.63, 3.8) is 0 Å². The third kappa shape index (κ3) is 3.89. The molecule has 0 saturated carbocycles. The molecule has 7 heteroatoms. The first-order valence-electron chi connectivity index (χ1n) is 11.7. The van der Waals surface area contributed by atoms with Crippen molar-refractivity contribution in [2.24, 2.45) is 0 Å². The van der Waals surface area contributed by atoms with Crippen LogP contribution in [0, 0.1) is 0 Å². The second-order valence-electron chi connectivity index (χ2n) is 9.97. The Morgan fingerprint density at radius 2 is 1.58 bits per heavy atom. The van der Waals surface area contributed by atoms with E-state index in [1.54, 1.807) is 4.90 Å². The molecule has 2 aliphatic heterocycles. The highest BCUT2D eigenvalue weighted by Gasteiger charge is 2.53. The number of anilines is 1. The number of carbonyl (C=O) groups is 1. The number of amides is 1. The normalized spacial score (nSPS) is 16.9. The standard InChI is InChI=1S/C26H31N3O3Si/c1-26(2,3)33(21-11-6-4-7-12-21,22-13-8-5-9-14-22)32-20-17-29(18-20)25-27-23(19-31-25)24(30)28-15-10-16-28/h4-9,11-14,19-20H,10,15-18H2,1-3H3. The van der Waals surface area contributed by atoms with Crippen molar-refractivity contribution >= 4 is 30.6 Å². The second-order valence-corrected chi connectivity index (χ2v) is 14.2. The SMILES string of the molecule is CC(C)(C)[Si](OC1CN(c2nc(C(=O)N3CCC3)co2)C1)(c1ccccc1)c1ccccc1. The maximum atomic E-state index is 12.4. The highest BCUT2D eigenvalue weighted by Crippen LogP contribution is 2.39. The molecule has 6 nitrogen and oxygen atoms in total.